The monoisotopic (exact) mass is 327 g/mol. The van der Waals surface area contributed by atoms with Gasteiger partial charge in [-0.1, -0.05) is 41.5 Å². The number of nitrogens with two attached hydrogens (primary N) is 1. The van der Waals surface area contributed by atoms with Crippen molar-refractivity contribution in [2.45, 2.75) is 13.8 Å². The highest BCUT2D eigenvalue weighted by Crippen LogP contribution is 2.23. The average Bonchev–Trinajstić information content (AvgIpc) is 2.49. The van der Waals surface area contributed by atoms with E-state index in [-0.39, 0.29) is 22.2 Å². The van der Waals surface area contributed by atoms with E-state index in [1.165, 1.54) is 0 Å². The van der Waals surface area contributed by atoms with Crippen LogP contribution in [0.25, 0.3) is 5.76 Å². The van der Waals surface area contributed by atoms with Gasteiger partial charge in [0.2, 0.25) is 0 Å². The predicted octanol–water partition coefficient (Wildman–Crippen LogP) is 3.71. The Balaban J connectivity index is 2.36. The smallest absolute Gasteiger partial charge is 0.259 e. The summed E-state index contributed by atoms with van der Waals surface area (Å²) in [5.74, 6) is -0.239. The molecule has 0 unspecified atom stereocenters. The van der Waals surface area contributed by atoms with Crippen LogP contribution in [0.5, 0.6) is 5.75 Å². The van der Waals surface area contributed by atoms with Crippen LogP contribution in [0.3, 0.4) is 0 Å². The molecule has 0 aliphatic rings. The SMILES string of the molecule is Cc1ccc(C(O)=CC(=O)c2cc(C)ccc2OC(N)=S)cc1. The Morgan fingerprint density at radius 2 is 1.74 bits per heavy atom. The van der Waals surface area contributed by atoms with Gasteiger partial charge in [0.1, 0.15) is 11.5 Å². The number of hydrogen-bond donors (Lipinski definition) is 2. The van der Waals surface area contributed by atoms with Crippen LogP contribution in [0.2, 0.25) is 0 Å². The van der Waals surface area contributed by atoms with Crippen LogP contribution >= 0.6 is 12.2 Å². The van der Waals surface area contributed by atoms with Crippen molar-refractivity contribution >= 4 is 28.9 Å². The van der Waals surface area contributed by atoms with Gasteiger partial charge in [-0.25, -0.2) is 0 Å². The van der Waals surface area contributed by atoms with Crippen LogP contribution in [0.15, 0.2) is 48.5 Å². The lowest BCUT2D eigenvalue weighted by Gasteiger charge is -2.09. The second-order valence-electron chi connectivity index (χ2n) is 5.18. The summed E-state index contributed by atoms with van der Waals surface area (Å²) in [5.41, 5.74) is 8.17. The second kappa shape index (κ2) is 7.07. The zero-order valence-corrected chi connectivity index (χ0v) is 13.7. The molecule has 4 nitrogen and oxygen atoms in total. The van der Waals surface area contributed by atoms with E-state index in [0.717, 1.165) is 17.2 Å². The minimum Gasteiger partial charge on any atom is -0.507 e. The molecule has 0 heterocycles. The number of carbonyl (C=O) groups is 1. The molecule has 118 valence electrons. The minimum atomic E-state index is -0.391. The molecule has 0 saturated heterocycles. The molecule has 0 amide bonds. The topological polar surface area (TPSA) is 72.5 Å². The highest BCUT2D eigenvalue weighted by molar-refractivity contribution is 7.80. The molecule has 0 bridgehead atoms. The first kappa shape index (κ1) is 16.7. The van der Waals surface area contributed by atoms with Crippen LogP contribution in [-0.2, 0) is 0 Å². The zero-order valence-electron chi connectivity index (χ0n) is 12.9. The van der Waals surface area contributed by atoms with E-state index in [9.17, 15) is 9.90 Å². The van der Waals surface area contributed by atoms with Crippen LogP contribution in [0, 0.1) is 13.8 Å². The molecule has 2 aromatic carbocycles. The van der Waals surface area contributed by atoms with Crippen LogP contribution < -0.4 is 10.5 Å². The molecule has 0 atom stereocenters. The molecule has 5 heteroatoms. The molecule has 0 aliphatic carbocycles. The van der Waals surface area contributed by atoms with Crippen molar-refractivity contribution in [1.82, 2.24) is 0 Å². The van der Waals surface area contributed by atoms with E-state index in [1.54, 1.807) is 30.3 Å². The van der Waals surface area contributed by atoms with E-state index < -0.39 is 5.78 Å². The van der Waals surface area contributed by atoms with E-state index in [1.807, 2.05) is 26.0 Å². The number of aliphatic hydroxyl groups excluding tert-OH is 1. The molecule has 0 fully saturated rings. The van der Waals surface area contributed by atoms with E-state index in [2.05, 4.69) is 0 Å². The molecule has 0 saturated carbocycles. The number of carbonyl (C=O) groups excluding carboxylic acids is 1. The summed E-state index contributed by atoms with van der Waals surface area (Å²) in [6.45, 7) is 3.80. The van der Waals surface area contributed by atoms with Crippen molar-refractivity contribution in [3.05, 3.63) is 70.8 Å². The fourth-order valence-corrected chi connectivity index (χ4v) is 2.13. The molecule has 0 aromatic heterocycles. The van der Waals surface area contributed by atoms with Gasteiger partial charge in [-0.2, -0.15) is 0 Å². The van der Waals surface area contributed by atoms with Crippen LogP contribution in [-0.4, -0.2) is 16.1 Å². The van der Waals surface area contributed by atoms with Crippen molar-refractivity contribution < 1.29 is 14.6 Å². The van der Waals surface area contributed by atoms with E-state index in [0.29, 0.717) is 5.56 Å². The van der Waals surface area contributed by atoms with Crippen LogP contribution in [0.1, 0.15) is 27.0 Å². The third-order valence-corrected chi connectivity index (χ3v) is 3.31. The Bertz CT molecular complexity index is 779. The molecule has 0 aliphatic heterocycles. The lowest BCUT2D eigenvalue weighted by atomic mass is 10.0. The van der Waals surface area contributed by atoms with Gasteiger partial charge in [0.25, 0.3) is 5.17 Å². The van der Waals surface area contributed by atoms with Crippen molar-refractivity contribution in [1.29, 1.82) is 0 Å². The van der Waals surface area contributed by atoms with Crippen molar-refractivity contribution in [3.63, 3.8) is 0 Å². The predicted molar refractivity (Wildman–Crippen MR) is 94.7 cm³/mol. The van der Waals surface area contributed by atoms with Crippen molar-refractivity contribution in [3.8, 4) is 5.75 Å². The van der Waals surface area contributed by atoms with Gasteiger partial charge in [-0.15, -0.1) is 0 Å². The molecular weight excluding hydrogens is 310 g/mol. The van der Waals surface area contributed by atoms with Crippen molar-refractivity contribution in [2.24, 2.45) is 5.73 Å². The maximum Gasteiger partial charge on any atom is 0.259 e. The molecule has 0 radical (unpaired) electrons. The van der Waals surface area contributed by atoms with E-state index >= 15 is 0 Å². The summed E-state index contributed by atoms with van der Waals surface area (Å²) in [7, 11) is 0. The third-order valence-electron chi connectivity index (χ3n) is 3.23. The highest BCUT2D eigenvalue weighted by Gasteiger charge is 2.13. The molecule has 2 aromatic rings. The van der Waals surface area contributed by atoms with Gasteiger partial charge in [0.05, 0.1) is 5.56 Å². The van der Waals surface area contributed by atoms with Gasteiger partial charge in [0.15, 0.2) is 5.78 Å². The van der Waals surface area contributed by atoms with Crippen molar-refractivity contribution in [2.75, 3.05) is 0 Å². The Morgan fingerprint density at radius 3 is 2.35 bits per heavy atom. The maximum atomic E-state index is 12.4. The number of benzene rings is 2. The number of ether oxygens (including phenoxy) is 1. The fraction of sp³-hybridized carbons (Fsp3) is 0.111. The number of aliphatic hydroxyl groups is 1. The zero-order chi connectivity index (χ0) is 17.0. The Kier molecular flexibility index (Phi) is 5.13. The van der Waals surface area contributed by atoms with Gasteiger partial charge < -0.3 is 15.6 Å². The lowest BCUT2D eigenvalue weighted by Crippen LogP contribution is -2.17. The number of ketones is 1. The van der Waals surface area contributed by atoms with Gasteiger partial charge >= 0.3 is 0 Å². The highest BCUT2D eigenvalue weighted by atomic mass is 32.1. The molecule has 2 rings (SSSR count). The first-order valence-electron chi connectivity index (χ1n) is 6.97. The number of hydrogen-bond acceptors (Lipinski definition) is 4. The average molecular weight is 327 g/mol. The Labute approximate surface area is 140 Å². The third kappa shape index (κ3) is 4.40. The number of thiocarbonyl (C=S) groups is 1. The first-order valence-corrected chi connectivity index (χ1v) is 7.37. The maximum absolute atomic E-state index is 12.4. The summed E-state index contributed by atoms with van der Waals surface area (Å²) in [6, 6.07) is 12.3. The number of aryl methyl sites for hydroxylation is 2. The molecule has 23 heavy (non-hydrogen) atoms. The molecule has 3 N–H and O–H groups in total. The summed E-state index contributed by atoms with van der Waals surface area (Å²) in [5, 5.41) is 9.96. The van der Waals surface area contributed by atoms with Crippen LogP contribution in [0.4, 0.5) is 0 Å². The molecular formula is C18H17NO3S. The standard InChI is InChI=1S/C18H17NO3S/c1-11-3-6-13(7-4-11)15(20)10-16(21)14-9-12(2)5-8-17(14)22-18(19)23/h3-10,20H,1-2H3,(H2,19,23). The van der Waals surface area contributed by atoms with E-state index in [4.69, 9.17) is 22.7 Å². The normalized spacial score (nSPS) is 11.1. The summed E-state index contributed by atoms with van der Waals surface area (Å²) in [6.07, 6.45) is 1.16. The number of rotatable bonds is 4. The summed E-state index contributed by atoms with van der Waals surface area (Å²) < 4.78 is 5.20. The number of allylic oxidation sites excluding steroid dienone is 1. The largest absolute Gasteiger partial charge is 0.507 e. The second-order valence-corrected chi connectivity index (χ2v) is 5.58. The molecule has 0 spiro atoms. The lowest BCUT2D eigenvalue weighted by molar-refractivity contribution is 0.104. The Morgan fingerprint density at radius 1 is 1.13 bits per heavy atom. The van der Waals surface area contributed by atoms with Gasteiger partial charge in [-0.3, -0.25) is 4.79 Å². The quantitative estimate of drug-likeness (QED) is 0.388. The fourth-order valence-electron chi connectivity index (χ4n) is 2.04. The summed E-state index contributed by atoms with van der Waals surface area (Å²) >= 11 is 4.71. The van der Waals surface area contributed by atoms with Gasteiger partial charge in [-0.05, 0) is 38.2 Å². The first-order chi connectivity index (χ1) is 10.9. The summed E-state index contributed by atoms with van der Waals surface area (Å²) in [4.78, 5) is 12.4. The van der Waals surface area contributed by atoms with Gasteiger partial charge in [0, 0.05) is 11.6 Å². The minimum absolute atomic E-state index is 0.113. The Hall–Kier alpha value is -2.66.